The number of halogens is 4. The van der Waals surface area contributed by atoms with Gasteiger partial charge in [0.05, 0.1) is 11.8 Å². The molecule has 1 aromatic heterocycles. The van der Waals surface area contributed by atoms with Gasteiger partial charge in [-0.15, -0.1) is 0 Å². The first kappa shape index (κ1) is 20.0. The first-order valence-electron chi connectivity index (χ1n) is 7.85. The van der Waals surface area contributed by atoms with Crippen LogP contribution in [0, 0.1) is 0 Å². The summed E-state index contributed by atoms with van der Waals surface area (Å²) in [4.78, 5) is 12.9. The van der Waals surface area contributed by atoms with Crippen molar-refractivity contribution >= 4 is 35.5 Å². The highest BCUT2D eigenvalue weighted by molar-refractivity contribution is 7.99. The highest BCUT2D eigenvalue weighted by Gasteiger charge is 2.30. The minimum atomic E-state index is -4.52. The molecule has 0 aliphatic heterocycles. The fourth-order valence-corrected chi connectivity index (χ4v) is 3.04. The number of hydrazone groups is 1. The van der Waals surface area contributed by atoms with Gasteiger partial charge in [0.2, 0.25) is 0 Å². The lowest BCUT2D eigenvalue weighted by molar-refractivity contribution is -0.137. The van der Waals surface area contributed by atoms with Crippen LogP contribution in [-0.2, 0) is 6.18 Å². The molecule has 1 N–H and O–H groups in total. The standard InChI is InChI=1S/C19H12ClF3N2O2S/c20-14-4-7-16(8-5-14)28-17-9-6-15(27-17)11-24-25-18(26)12-2-1-3-13(10-12)19(21,22)23/h1-11H,(H,25,26)/b24-11-. The number of hydrogen-bond acceptors (Lipinski definition) is 4. The van der Waals surface area contributed by atoms with Crippen LogP contribution in [0.2, 0.25) is 5.02 Å². The Labute approximate surface area is 167 Å². The van der Waals surface area contributed by atoms with Crippen molar-refractivity contribution < 1.29 is 22.4 Å². The molecule has 0 spiro atoms. The predicted octanol–water partition coefficient (Wildman–Crippen LogP) is 5.87. The molecule has 1 heterocycles. The molecule has 0 radical (unpaired) electrons. The summed E-state index contributed by atoms with van der Waals surface area (Å²) in [6.45, 7) is 0. The van der Waals surface area contributed by atoms with Crippen molar-refractivity contribution in [1.82, 2.24) is 5.43 Å². The number of nitrogens with zero attached hydrogens (tertiary/aromatic N) is 1. The summed E-state index contributed by atoms with van der Waals surface area (Å²) in [5.74, 6) is -0.384. The Morgan fingerprint density at radius 3 is 2.57 bits per heavy atom. The molecular weight excluding hydrogens is 413 g/mol. The van der Waals surface area contributed by atoms with Crippen molar-refractivity contribution in [3.63, 3.8) is 0 Å². The molecule has 9 heteroatoms. The maximum atomic E-state index is 12.7. The topological polar surface area (TPSA) is 54.6 Å². The molecule has 0 unspecified atom stereocenters. The molecule has 0 bridgehead atoms. The van der Waals surface area contributed by atoms with E-state index in [2.05, 4.69) is 10.5 Å². The van der Waals surface area contributed by atoms with Gasteiger partial charge in [-0.2, -0.15) is 18.3 Å². The monoisotopic (exact) mass is 424 g/mol. The van der Waals surface area contributed by atoms with Crippen LogP contribution in [-0.4, -0.2) is 12.1 Å². The van der Waals surface area contributed by atoms with Crippen LogP contribution in [0.25, 0.3) is 0 Å². The number of carbonyl (C=O) groups is 1. The Morgan fingerprint density at radius 2 is 1.86 bits per heavy atom. The molecule has 0 saturated heterocycles. The zero-order valence-electron chi connectivity index (χ0n) is 14.0. The quantitative estimate of drug-likeness (QED) is 0.412. The van der Waals surface area contributed by atoms with Crippen LogP contribution in [0.1, 0.15) is 21.7 Å². The van der Waals surface area contributed by atoms with Crippen LogP contribution in [0.5, 0.6) is 0 Å². The summed E-state index contributed by atoms with van der Waals surface area (Å²) in [7, 11) is 0. The minimum absolute atomic E-state index is 0.148. The summed E-state index contributed by atoms with van der Waals surface area (Å²) in [6, 6.07) is 14.7. The predicted molar refractivity (Wildman–Crippen MR) is 101 cm³/mol. The van der Waals surface area contributed by atoms with Crippen molar-refractivity contribution in [2.45, 2.75) is 16.2 Å². The van der Waals surface area contributed by atoms with Crippen LogP contribution in [0.4, 0.5) is 13.2 Å². The van der Waals surface area contributed by atoms with Crippen molar-refractivity contribution in [3.05, 3.63) is 82.6 Å². The van der Waals surface area contributed by atoms with E-state index in [4.69, 9.17) is 16.0 Å². The van der Waals surface area contributed by atoms with Crippen LogP contribution in [0.15, 0.2) is 80.2 Å². The number of alkyl halides is 3. The zero-order chi connectivity index (χ0) is 20.1. The zero-order valence-corrected chi connectivity index (χ0v) is 15.6. The Morgan fingerprint density at radius 1 is 1.11 bits per heavy atom. The molecule has 1 amide bonds. The van der Waals surface area contributed by atoms with E-state index in [0.717, 1.165) is 23.1 Å². The Hall–Kier alpha value is -2.71. The fraction of sp³-hybridized carbons (Fsp3) is 0.0526. The van der Waals surface area contributed by atoms with Gasteiger partial charge in [0.1, 0.15) is 5.76 Å². The molecule has 0 aliphatic rings. The summed E-state index contributed by atoms with van der Waals surface area (Å²) in [5.41, 5.74) is 1.12. The van der Waals surface area contributed by atoms with Gasteiger partial charge in [0.15, 0.2) is 5.09 Å². The third-order valence-electron chi connectivity index (χ3n) is 3.44. The van der Waals surface area contributed by atoms with Crippen molar-refractivity contribution in [1.29, 1.82) is 0 Å². The largest absolute Gasteiger partial charge is 0.448 e. The highest BCUT2D eigenvalue weighted by atomic mass is 35.5. The second-order valence-electron chi connectivity index (χ2n) is 5.49. The Balaban J connectivity index is 1.60. The molecular formula is C19H12ClF3N2O2S. The van der Waals surface area contributed by atoms with E-state index in [0.29, 0.717) is 15.9 Å². The van der Waals surface area contributed by atoms with Gasteiger partial charge >= 0.3 is 6.18 Å². The van der Waals surface area contributed by atoms with E-state index in [1.807, 2.05) is 12.1 Å². The number of nitrogens with one attached hydrogen (secondary N) is 1. The number of rotatable bonds is 5. The first-order chi connectivity index (χ1) is 13.3. The van der Waals surface area contributed by atoms with E-state index in [1.165, 1.54) is 24.0 Å². The van der Waals surface area contributed by atoms with Crippen molar-refractivity contribution in [2.75, 3.05) is 0 Å². The molecule has 0 saturated carbocycles. The average molecular weight is 425 g/mol. The third-order valence-corrected chi connectivity index (χ3v) is 4.62. The molecule has 3 rings (SSSR count). The van der Waals surface area contributed by atoms with Crippen LogP contribution >= 0.6 is 23.4 Å². The van der Waals surface area contributed by atoms with Gasteiger partial charge < -0.3 is 4.42 Å². The lowest BCUT2D eigenvalue weighted by Gasteiger charge is -2.07. The smallest absolute Gasteiger partial charge is 0.416 e. The molecule has 4 nitrogen and oxygen atoms in total. The van der Waals surface area contributed by atoms with Gasteiger partial charge in [-0.3, -0.25) is 4.79 Å². The van der Waals surface area contributed by atoms with E-state index < -0.39 is 17.6 Å². The lowest BCUT2D eigenvalue weighted by atomic mass is 10.1. The molecule has 0 fully saturated rings. The second-order valence-corrected chi connectivity index (χ2v) is 7.00. The lowest BCUT2D eigenvalue weighted by Crippen LogP contribution is -2.18. The molecule has 3 aromatic rings. The van der Waals surface area contributed by atoms with E-state index in [-0.39, 0.29) is 5.56 Å². The summed E-state index contributed by atoms with van der Waals surface area (Å²) in [6.07, 6.45) is -3.26. The van der Waals surface area contributed by atoms with Crippen LogP contribution in [0.3, 0.4) is 0 Å². The number of hydrogen-bond donors (Lipinski definition) is 1. The van der Waals surface area contributed by atoms with Crippen molar-refractivity contribution in [3.8, 4) is 0 Å². The van der Waals surface area contributed by atoms with Crippen molar-refractivity contribution in [2.24, 2.45) is 5.10 Å². The van der Waals surface area contributed by atoms with Crippen LogP contribution < -0.4 is 5.43 Å². The number of carbonyl (C=O) groups excluding carboxylic acids is 1. The van der Waals surface area contributed by atoms with Gasteiger partial charge in [0, 0.05) is 15.5 Å². The Kier molecular flexibility index (Phi) is 6.11. The maximum Gasteiger partial charge on any atom is 0.416 e. The molecule has 28 heavy (non-hydrogen) atoms. The van der Waals surface area contributed by atoms with Gasteiger partial charge in [0.25, 0.3) is 5.91 Å². The third kappa shape index (κ3) is 5.40. The molecule has 0 atom stereocenters. The number of benzene rings is 2. The van der Waals surface area contributed by atoms with E-state index >= 15 is 0 Å². The van der Waals surface area contributed by atoms with Gasteiger partial charge in [-0.25, -0.2) is 5.43 Å². The fourth-order valence-electron chi connectivity index (χ4n) is 2.13. The normalized spacial score (nSPS) is 11.7. The minimum Gasteiger partial charge on any atom is -0.448 e. The van der Waals surface area contributed by atoms with E-state index in [9.17, 15) is 18.0 Å². The Bertz CT molecular complexity index is 1000. The summed E-state index contributed by atoms with van der Waals surface area (Å²) >= 11 is 7.21. The molecule has 2 aromatic carbocycles. The average Bonchev–Trinajstić information content (AvgIpc) is 3.10. The molecule has 144 valence electrons. The first-order valence-corrected chi connectivity index (χ1v) is 9.04. The van der Waals surface area contributed by atoms with Gasteiger partial charge in [-0.05, 0) is 54.6 Å². The molecule has 0 aliphatic carbocycles. The SMILES string of the molecule is O=C(N/N=C\c1ccc(Sc2ccc(Cl)cc2)o1)c1cccc(C(F)(F)F)c1. The maximum absolute atomic E-state index is 12.7. The summed E-state index contributed by atoms with van der Waals surface area (Å²) in [5, 5.41) is 4.95. The summed E-state index contributed by atoms with van der Waals surface area (Å²) < 4.78 is 43.7. The second kappa shape index (κ2) is 8.53. The number of amides is 1. The van der Waals surface area contributed by atoms with Gasteiger partial charge in [-0.1, -0.05) is 29.4 Å². The van der Waals surface area contributed by atoms with E-state index in [1.54, 1.807) is 24.3 Å². The highest BCUT2D eigenvalue weighted by Crippen LogP contribution is 2.30. The number of furan rings is 1.